The number of nitrogens with one attached hydrogen (secondary N) is 2. The predicted octanol–water partition coefficient (Wildman–Crippen LogP) is 4.72. The van der Waals surface area contributed by atoms with E-state index in [1.165, 1.54) is 6.42 Å². The number of likely N-dealkylation sites (tertiary alicyclic amines) is 1. The molecule has 4 aliphatic rings. The first kappa shape index (κ1) is 27.2. The van der Waals surface area contributed by atoms with Crippen LogP contribution in [0, 0.1) is 36.5 Å². The zero-order chi connectivity index (χ0) is 27.4. The van der Waals surface area contributed by atoms with Gasteiger partial charge in [-0.15, -0.1) is 0 Å². The standard InChI is InChI=1S/C30H40ClN3O4/c1-16(2)12-14-34-26(28(36)33-22-8-6-7-17(3)19(22)5)30-13-11-23(38-30)24(25(30)29(34)37)27(35)32-20-10-9-18(4)21(31)15-20/h9-11,13,15-17,19,22-26H,6-8,12,14H2,1-5H3,(H,32,35)(H,33,36)/t17?,19?,22?,23-,24?,25-,26?,30?/m1/s1. The fourth-order valence-electron chi connectivity index (χ4n) is 6.85. The van der Waals surface area contributed by atoms with Gasteiger partial charge >= 0.3 is 0 Å². The molecule has 1 aliphatic carbocycles. The number of benzene rings is 1. The van der Waals surface area contributed by atoms with Gasteiger partial charge in [-0.1, -0.05) is 70.4 Å². The quantitative estimate of drug-likeness (QED) is 0.489. The molecule has 8 atom stereocenters. The minimum absolute atomic E-state index is 0.0664. The molecule has 1 aromatic rings. The summed E-state index contributed by atoms with van der Waals surface area (Å²) >= 11 is 6.27. The minimum Gasteiger partial charge on any atom is -0.359 e. The van der Waals surface area contributed by atoms with Crippen LogP contribution >= 0.6 is 11.6 Å². The van der Waals surface area contributed by atoms with Crippen molar-refractivity contribution in [3.8, 4) is 0 Å². The summed E-state index contributed by atoms with van der Waals surface area (Å²) in [5, 5.41) is 6.80. The highest BCUT2D eigenvalue weighted by molar-refractivity contribution is 6.31. The fourth-order valence-corrected chi connectivity index (χ4v) is 7.03. The Morgan fingerprint density at radius 3 is 2.68 bits per heavy atom. The van der Waals surface area contributed by atoms with Gasteiger partial charge in [0.05, 0.1) is 17.9 Å². The molecule has 2 N–H and O–H groups in total. The Labute approximate surface area is 230 Å². The molecule has 2 bridgehead atoms. The highest BCUT2D eigenvalue weighted by Gasteiger charge is 2.72. The topological polar surface area (TPSA) is 87.7 Å². The van der Waals surface area contributed by atoms with Crippen LogP contribution < -0.4 is 10.6 Å². The second-order valence-electron chi connectivity index (χ2n) is 12.3. The van der Waals surface area contributed by atoms with Crippen molar-refractivity contribution in [1.29, 1.82) is 0 Å². The van der Waals surface area contributed by atoms with Crippen LogP contribution in [0.4, 0.5) is 5.69 Å². The summed E-state index contributed by atoms with van der Waals surface area (Å²) in [5.74, 6) is -0.856. The number of anilines is 1. The van der Waals surface area contributed by atoms with E-state index in [1.54, 1.807) is 17.0 Å². The number of hydrogen-bond acceptors (Lipinski definition) is 4. The van der Waals surface area contributed by atoms with Gasteiger partial charge in [0.1, 0.15) is 11.6 Å². The van der Waals surface area contributed by atoms with Crippen LogP contribution in [-0.4, -0.2) is 53.0 Å². The van der Waals surface area contributed by atoms with Crippen LogP contribution in [0.25, 0.3) is 0 Å². The molecular formula is C30H40ClN3O4. The van der Waals surface area contributed by atoms with Gasteiger partial charge < -0.3 is 20.3 Å². The number of halogens is 1. The molecule has 6 unspecified atom stereocenters. The molecule has 1 aromatic carbocycles. The molecule has 2 saturated heterocycles. The largest absolute Gasteiger partial charge is 0.359 e. The van der Waals surface area contributed by atoms with Crippen molar-refractivity contribution < 1.29 is 19.1 Å². The lowest BCUT2D eigenvalue weighted by Crippen LogP contribution is -2.58. The minimum atomic E-state index is -1.14. The Morgan fingerprint density at radius 1 is 1.21 bits per heavy atom. The van der Waals surface area contributed by atoms with E-state index in [2.05, 4.69) is 38.3 Å². The zero-order valence-corrected chi connectivity index (χ0v) is 23.8. The molecule has 0 aromatic heterocycles. The van der Waals surface area contributed by atoms with Crippen LogP contribution in [-0.2, 0) is 19.1 Å². The highest BCUT2D eigenvalue weighted by atomic mass is 35.5. The number of fused-ring (bicyclic) bond motifs is 1. The van der Waals surface area contributed by atoms with Gasteiger partial charge in [0.15, 0.2) is 0 Å². The summed E-state index contributed by atoms with van der Waals surface area (Å²) < 4.78 is 6.46. The summed E-state index contributed by atoms with van der Waals surface area (Å²) in [6, 6.07) is 4.63. The zero-order valence-electron chi connectivity index (χ0n) is 23.0. The number of ether oxygens (including phenoxy) is 1. The van der Waals surface area contributed by atoms with Crippen molar-refractivity contribution in [2.75, 3.05) is 11.9 Å². The molecule has 1 spiro atoms. The molecule has 7 nitrogen and oxygen atoms in total. The van der Waals surface area contributed by atoms with E-state index in [1.807, 2.05) is 25.1 Å². The van der Waals surface area contributed by atoms with Crippen LogP contribution in [0.5, 0.6) is 0 Å². The Bertz CT molecular complexity index is 1150. The molecule has 3 aliphatic heterocycles. The van der Waals surface area contributed by atoms with Gasteiger partial charge in [-0.25, -0.2) is 0 Å². The van der Waals surface area contributed by atoms with Gasteiger partial charge in [0.25, 0.3) is 0 Å². The van der Waals surface area contributed by atoms with Crippen molar-refractivity contribution in [3.05, 3.63) is 40.9 Å². The lowest BCUT2D eigenvalue weighted by Gasteiger charge is -2.38. The number of carbonyl (C=O) groups is 3. The predicted molar refractivity (Wildman–Crippen MR) is 148 cm³/mol. The van der Waals surface area contributed by atoms with Crippen LogP contribution in [0.2, 0.25) is 5.02 Å². The van der Waals surface area contributed by atoms with Crippen molar-refractivity contribution in [2.45, 2.75) is 84.1 Å². The smallest absolute Gasteiger partial charge is 0.246 e. The maximum Gasteiger partial charge on any atom is 0.246 e. The average Bonchev–Trinajstić information content (AvgIpc) is 3.50. The molecule has 1 saturated carbocycles. The Kier molecular flexibility index (Phi) is 7.38. The normalized spacial score (nSPS) is 35.6. The third-order valence-electron chi connectivity index (χ3n) is 9.35. The van der Waals surface area contributed by atoms with Crippen molar-refractivity contribution >= 4 is 35.0 Å². The van der Waals surface area contributed by atoms with E-state index in [-0.39, 0.29) is 23.8 Å². The lowest BCUT2D eigenvalue weighted by atomic mass is 9.73. The van der Waals surface area contributed by atoms with E-state index in [0.29, 0.717) is 35.0 Å². The van der Waals surface area contributed by atoms with Crippen LogP contribution in [0.15, 0.2) is 30.4 Å². The SMILES string of the molecule is Cc1ccc(NC(=O)C2[C@H]3C=CC4(O3)C(C(=O)NC3CCCC(C)C3C)N(CCC(C)C)C(=O)[C@@H]24)cc1Cl. The molecule has 3 amide bonds. The monoisotopic (exact) mass is 541 g/mol. The highest BCUT2D eigenvalue weighted by Crippen LogP contribution is 2.55. The molecule has 8 heteroatoms. The molecule has 3 fully saturated rings. The Hall–Kier alpha value is -2.38. The summed E-state index contributed by atoms with van der Waals surface area (Å²) in [6.45, 7) is 11.0. The maximum absolute atomic E-state index is 14.0. The first-order chi connectivity index (χ1) is 18.0. The third kappa shape index (κ3) is 4.56. The molecule has 38 heavy (non-hydrogen) atoms. The summed E-state index contributed by atoms with van der Waals surface area (Å²) in [6.07, 6.45) is 7.12. The van der Waals surface area contributed by atoms with Crippen molar-refractivity contribution in [2.24, 2.45) is 29.6 Å². The van der Waals surface area contributed by atoms with Crippen molar-refractivity contribution in [1.82, 2.24) is 10.2 Å². The third-order valence-corrected chi connectivity index (χ3v) is 9.75. The van der Waals surface area contributed by atoms with Crippen LogP contribution in [0.1, 0.15) is 58.9 Å². The summed E-state index contributed by atoms with van der Waals surface area (Å²) in [5.41, 5.74) is 0.347. The molecule has 206 valence electrons. The lowest BCUT2D eigenvalue weighted by molar-refractivity contribution is -0.141. The van der Waals surface area contributed by atoms with Gasteiger partial charge in [-0.2, -0.15) is 0 Å². The van der Waals surface area contributed by atoms with Gasteiger partial charge in [-0.05, 0) is 55.2 Å². The number of aryl methyl sites for hydroxylation is 1. The maximum atomic E-state index is 14.0. The molecular weight excluding hydrogens is 502 g/mol. The Morgan fingerprint density at radius 2 is 1.97 bits per heavy atom. The molecule has 3 heterocycles. The molecule has 0 radical (unpaired) electrons. The van der Waals surface area contributed by atoms with E-state index < -0.39 is 29.6 Å². The Balaban J connectivity index is 1.43. The van der Waals surface area contributed by atoms with Gasteiger partial charge in [-0.3, -0.25) is 14.4 Å². The van der Waals surface area contributed by atoms with E-state index in [0.717, 1.165) is 24.8 Å². The van der Waals surface area contributed by atoms with E-state index in [9.17, 15) is 14.4 Å². The second-order valence-corrected chi connectivity index (χ2v) is 12.7. The second kappa shape index (κ2) is 10.3. The van der Waals surface area contributed by atoms with E-state index in [4.69, 9.17) is 16.3 Å². The van der Waals surface area contributed by atoms with Crippen LogP contribution in [0.3, 0.4) is 0 Å². The first-order valence-electron chi connectivity index (χ1n) is 14.1. The number of carbonyl (C=O) groups excluding carboxylic acids is 3. The number of hydrogen-bond donors (Lipinski definition) is 2. The van der Waals surface area contributed by atoms with Crippen molar-refractivity contribution in [3.63, 3.8) is 0 Å². The summed E-state index contributed by atoms with van der Waals surface area (Å²) in [7, 11) is 0. The number of rotatable bonds is 7. The number of nitrogens with zero attached hydrogens (tertiary/aromatic N) is 1. The van der Waals surface area contributed by atoms with Gasteiger partial charge in [0, 0.05) is 23.3 Å². The van der Waals surface area contributed by atoms with Gasteiger partial charge in [0.2, 0.25) is 17.7 Å². The summed E-state index contributed by atoms with van der Waals surface area (Å²) in [4.78, 5) is 43.3. The number of amides is 3. The molecule has 5 rings (SSSR count). The first-order valence-corrected chi connectivity index (χ1v) is 14.5. The average molecular weight is 542 g/mol. The fraction of sp³-hybridized carbons (Fsp3) is 0.633. The van der Waals surface area contributed by atoms with E-state index >= 15 is 0 Å².